The Morgan fingerprint density at radius 1 is 1.44 bits per heavy atom. The quantitative estimate of drug-likeness (QED) is 0.450. The molecular formula is C7H13Cl2NO5S. The molecule has 0 heterocycles. The number of ether oxygens (including phenoxy) is 1. The van der Waals surface area contributed by atoms with E-state index in [1.54, 1.807) is 13.8 Å². The van der Waals surface area contributed by atoms with Crippen LogP contribution in [-0.4, -0.2) is 40.8 Å². The van der Waals surface area contributed by atoms with Crippen molar-refractivity contribution < 1.29 is 22.5 Å². The van der Waals surface area contributed by atoms with Gasteiger partial charge in [0.15, 0.2) is 0 Å². The monoisotopic (exact) mass is 293 g/mol. The SMILES string of the molecule is CC(C)(COC(=O)CCS(=O)(=O)O)N(Cl)Cl. The minimum atomic E-state index is -4.15. The van der Waals surface area contributed by atoms with Crippen LogP contribution >= 0.6 is 23.6 Å². The van der Waals surface area contributed by atoms with Crippen molar-refractivity contribution in [1.82, 2.24) is 3.94 Å². The molecule has 0 spiro atoms. The van der Waals surface area contributed by atoms with Crippen LogP contribution in [0.2, 0.25) is 0 Å². The number of hydrogen-bond donors (Lipinski definition) is 1. The molecule has 0 aromatic carbocycles. The summed E-state index contributed by atoms with van der Waals surface area (Å²) in [6.45, 7) is 3.16. The summed E-state index contributed by atoms with van der Waals surface area (Å²) >= 11 is 10.9. The van der Waals surface area contributed by atoms with Gasteiger partial charge in [0.25, 0.3) is 10.1 Å². The first kappa shape index (κ1) is 15.9. The predicted octanol–water partition coefficient (Wildman–Crippen LogP) is 1.20. The Hall–Kier alpha value is -0.0800. The van der Waals surface area contributed by atoms with Gasteiger partial charge in [0.2, 0.25) is 0 Å². The number of nitrogens with zero attached hydrogens (tertiary/aromatic N) is 1. The second kappa shape index (κ2) is 6.02. The smallest absolute Gasteiger partial charge is 0.306 e. The van der Waals surface area contributed by atoms with Crippen LogP contribution in [-0.2, 0) is 19.6 Å². The Labute approximate surface area is 104 Å². The van der Waals surface area contributed by atoms with Crippen LogP contribution in [0.25, 0.3) is 0 Å². The maximum atomic E-state index is 11.1. The molecule has 0 atom stereocenters. The zero-order valence-electron chi connectivity index (χ0n) is 8.81. The molecule has 0 saturated carbocycles. The van der Waals surface area contributed by atoms with Crippen molar-refractivity contribution in [2.45, 2.75) is 25.8 Å². The lowest BCUT2D eigenvalue weighted by Crippen LogP contribution is -2.37. The molecule has 1 N–H and O–H groups in total. The third-order valence-electron chi connectivity index (χ3n) is 1.61. The summed E-state index contributed by atoms with van der Waals surface area (Å²) in [6.07, 6.45) is -0.417. The lowest BCUT2D eigenvalue weighted by atomic mass is 10.1. The van der Waals surface area contributed by atoms with Crippen molar-refractivity contribution in [2.75, 3.05) is 12.4 Å². The van der Waals surface area contributed by atoms with Gasteiger partial charge in [0, 0.05) is 0 Å². The Bertz CT molecular complexity index is 341. The second-order valence-electron chi connectivity index (χ2n) is 3.74. The fourth-order valence-corrected chi connectivity index (χ4v) is 1.11. The molecule has 0 unspecified atom stereocenters. The standard InChI is InChI=1S/C7H13Cl2NO5S/c1-7(2,10(8)9)5-15-6(11)3-4-16(12,13)14/h3-5H2,1-2H3,(H,12,13,14). The summed E-state index contributed by atoms with van der Waals surface area (Å²) in [5, 5.41) is 0. The van der Waals surface area contributed by atoms with Crippen molar-refractivity contribution in [3.8, 4) is 0 Å². The Morgan fingerprint density at radius 3 is 2.31 bits per heavy atom. The maximum absolute atomic E-state index is 11.1. The van der Waals surface area contributed by atoms with Crippen molar-refractivity contribution in [3.63, 3.8) is 0 Å². The minimum Gasteiger partial charge on any atom is -0.464 e. The Balaban J connectivity index is 4.00. The molecule has 0 saturated heterocycles. The van der Waals surface area contributed by atoms with Gasteiger partial charge in [-0.1, -0.05) is 0 Å². The Kier molecular flexibility index (Phi) is 5.99. The van der Waals surface area contributed by atoms with Crippen molar-refractivity contribution in [1.29, 1.82) is 0 Å². The molecule has 0 fully saturated rings. The molecule has 0 aliphatic rings. The largest absolute Gasteiger partial charge is 0.464 e. The number of hydrogen-bond acceptors (Lipinski definition) is 5. The van der Waals surface area contributed by atoms with Crippen LogP contribution in [0.15, 0.2) is 0 Å². The average Bonchev–Trinajstić information content (AvgIpc) is 2.10. The van der Waals surface area contributed by atoms with Gasteiger partial charge < -0.3 is 4.74 Å². The molecular weight excluding hydrogens is 281 g/mol. The Morgan fingerprint density at radius 2 is 1.94 bits per heavy atom. The lowest BCUT2D eigenvalue weighted by molar-refractivity contribution is -0.145. The summed E-state index contributed by atoms with van der Waals surface area (Å²) in [7, 11) is -4.15. The third-order valence-corrected chi connectivity index (χ3v) is 3.24. The van der Waals surface area contributed by atoms with E-state index in [-0.39, 0.29) is 6.61 Å². The number of carbonyl (C=O) groups is 1. The molecule has 0 aromatic rings. The maximum Gasteiger partial charge on any atom is 0.306 e. The van der Waals surface area contributed by atoms with E-state index in [0.717, 1.165) is 3.94 Å². The van der Waals surface area contributed by atoms with Crippen molar-refractivity contribution in [3.05, 3.63) is 0 Å². The summed E-state index contributed by atoms with van der Waals surface area (Å²) in [6, 6.07) is 0. The van der Waals surface area contributed by atoms with E-state index in [2.05, 4.69) is 0 Å². The van der Waals surface area contributed by atoms with E-state index >= 15 is 0 Å². The predicted molar refractivity (Wildman–Crippen MR) is 59.6 cm³/mol. The topological polar surface area (TPSA) is 83.9 Å². The summed E-state index contributed by atoms with van der Waals surface area (Å²) in [4.78, 5) is 11.1. The normalized spacial score (nSPS) is 12.9. The summed E-state index contributed by atoms with van der Waals surface area (Å²) in [5.41, 5.74) is -0.781. The van der Waals surface area contributed by atoms with Gasteiger partial charge in [-0.15, -0.1) is 3.94 Å². The van der Waals surface area contributed by atoms with Gasteiger partial charge in [0.1, 0.15) is 6.61 Å². The van der Waals surface area contributed by atoms with Gasteiger partial charge in [-0.3, -0.25) is 9.35 Å². The highest BCUT2D eigenvalue weighted by Crippen LogP contribution is 2.19. The van der Waals surface area contributed by atoms with E-state index < -0.39 is 33.8 Å². The molecule has 6 nitrogen and oxygen atoms in total. The molecule has 0 aromatic heterocycles. The van der Waals surface area contributed by atoms with Crippen LogP contribution < -0.4 is 0 Å². The molecule has 16 heavy (non-hydrogen) atoms. The van der Waals surface area contributed by atoms with E-state index in [4.69, 9.17) is 32.8 Å². The number of halogens is 2. The molecule has 0 radical (unpaired) electrons. The number of carbonyl (C=O) groups excluding carboxylic acids is 1. The van der Waals surface area contributed by atoms with E-state index in [9.17, 15) is 13.2 Å². The fourth-order valence-electron chi connectivity index (χ4n) is 0.590. The third kappa shape index (κ3) is 7.24. The highest BCUT2D eigenvalue weighted by atomic mass is 35.5. The van der Waals surface area contributed by atoms with E-state index in [1.807, 2.05) is 0 Å². The highest BCUT2D eigenvalue weighted by molar-refractivity contribution is 7.85. The fraction of sp³-hybridized carbons (Fsp3) is 0.857. The van der Waals surface area contributed by atoms with Gasteiger partial charge in [-0.25, -0.2) is 0 Å². The van der Waals surface area contributed by atoms with Gasteiger partial charge in [0.05, 0.1) is 17.7 Å². The first-order valence-corrected chi connectivity index (χ1v) is 6.56. The van der Waals surface area contributed by atoms with Gasteiger partial charge >= 0.3 is 5.97 Å². The molecule has 96 valence electrons. The van der Waals surface area contributed by atoms with Gasteiger partial charge in [-0.05, 0) is 37.4 Å². The highest BCUT2D eigenvalue weighted by Gasteiger charge is 2.26. The average molecular weight is 294 g/mol. The van der Waals surface area contributed by atoms with E-state index in [0.29, 0.717) is 0 Å². The zero-order chi connectivity index (χ0) is 13.0. The number of esters is 1. The summed E-state index contributed by atoms with van der Waals surface area (Å²) < 4.78 is 34.7. The van der Waals surface area contributed by atoms with Crippen LogP contribution in [0.5, 0.6) is 0 Å². The number of rotatable bonds is 6. The zero-order valence-corrected chi connectivity index (χ0v) is 11.1. The van der Waals surface area contributed by atoms with Crippen molar-refractivity contribution >= 4 is 39.6 Å². The molecule has 0 aliphatic carbocycles. The first-order valence-electron chi connectivity index (χ1n) is 4.27. The van der Waals surface area contributed by atoms with Crippen LogP contribution in [0.4, 0.5) is 0 Å². The van der Waals surface area contributed by atoms with E-state index in [1.165, 1.54) is 0 Å². The van der Waals surface area contributed by atoms with Crippen LogP contribution in [0.3, 0.4) is 0 Å². The second-order valence-corrected chi connectivity index (χ2v) is 6.16. The lowest BCUT2D eigenvalue weighted by Gasteiger charge is -2.26. The molecule has 0 rings (SSSR count). The van der Waals surface area contributed by atoms with Gasteiger partial charge in [-0.2, -0.15) is 8.42 Å². The van der Waals surface area contributed by atoms with Crippen LogP contribution in [0, 0.1) is 0 Å². The summed E-state index contributed by atoms with van der Waals surface area (Å²) in [5.74, 6) is -1.42. The van der Waals surface area contributed by atoms with Crippen molar-refractivity contribution in [2.24, 2.45) is 0 Å². The van der Waals surface area contributed by atoms with Crippen LogP contribution in [0.1, 0.15) is 20.3 Å². The minimum absolute atomic E-state index is 0.0929. The molecule has 0 bridgehead atoms. The molecule has 0 amide bonds. The molecule has 0 aliphatic heterocycles. The first-order chi connectivity index (χ1) is 7.04. The molecule has 9 heteroatoms.